The van der Waals surface area contributed by atoms with E-state index >= 15 is 0 Å². The van der Waals surface area contributed by atoms with E-state index in [9.17, 15) is 30.0 Å². The fourth-order valence-corrected chi connectivity index (χ4v) is 6.31. The number of sulfonamides is 1. The fraction of sp³-hybridized carbons (Fsp3) is 0.333. The van der Waals surface area contributed by atoms with Crippen LogP contribution in [-0.4, -0.2) is 38.7 Å². The fourth-order valence-electron chi connectivity index (χ4n) is 2.80. The second kappa shape index (κ2) is 6.71. The molecular weight excluding hydrogens is 395 g/mol. The van der Waals surface area contributed by atoms with Crippen LogP contribution in [0.15, 0.2) is 39.8 Å². The lowest BCUT2D eigenvalue weighted by Gasteiger charge is -2.26. The molecule has 0 spiro atoms. The smallest absolute Gasteiger partial charge is 0.246 e. The molecule has 0 saturated carbocycles. The number of hydrogen-bond acceptors (Lipinski definition) is 5. The summed E-state index contributed by atoms with van der Waals surface area (Å²) in [6, 6.07) is 3.11. The summed E-state index contributed by atoms with van der Waals surface area (Å²) in [6.07, 6.45) is 1.30. The molecule has 1 saturated heterocycles. The third-order valence-corrected chi connectivity index (χ3v) is 7.76. The third-order valence-electron chi connectivity index (χ3n) is 4.09. The predicted octanol–water partition coefficient (Wildman–Crippen LogP) is 2.07. The molecule has 2 aromatic rings. The van der Waals surface area contributed by atoms with Gasteiger partial charge in [-0.1, -0.05) is 0 Å². The summed E-state index contributed by atoms with van der Waals surface area (Å²) in [7, 11) is -8.10. The van der Waals surface area contributed by atoms with Crippen molar-refractivity contribution in [3.63, 3.8) is 0 Å². The number of hydrogen-bond donors (Lipinski definition) is 0. The molecule has 0 bridgehead atoms. The maximum absolute atomic E-state index is 14.1. The minimum absolute atomic E-state index is 0.00751. The highest BCUT2D eigenvalue weighted by molar-refractivity contribution is 7.92. The molecule has 0 radical (unpaired) electrons. The molecule has 1 aromatic heterocycles. The Morgan fingerprint density at radius 2 is 1.88 bits per heavy atom. The second-order valence-electron chi connectivity index (χ2n) is 5.86. The molecule has 3 rings (SSSR count). The van der Waals surface area contributed by atoms with Crippen molar-refractivity contribution in [2.24, 2.45) is 0 Å². The summed E-state index contributed by atoms with van der Waals surface area (Å²) < 4.78 is 95.9. The van der Waals surface area contributed by atoms with E-state index < -0.39 is 54.0 Å². The van der Waals surface area contributed by atoms with Gasteiger partial charge in [0.25, 0.3) is 0 Å². The van der Waals surface area contributed by atoms with E-state index in [1.165, 1.54) is 18.4 Å². The molecule has 0 unspecified atom stereocenters. The highest BCUT2D eigenvalue weighted by Gasteiger charge is 2.40. The average Bonchev–Trinajstić information content (AvgIpc) is 3.19. The zero-order valence-electron chi connectivity index (χ0n) is 13.2. The molecule has 2 heterocycles. The first-order valence-corrected chi connectivity index (χ1v) is 10.8. The van der Waals surface area contributed by atoms with E-state index in [1.54, 1.807) is 0 Å². The number of halogens is 3. The van der Waals surface area contributed by atoms with Gasteiger partial charge in [0.05, 0.1) is 24.3 Å². The van der Waals surface area contributed by atoms with Gasteiger partial charge >= 0.3 is 0 Å². The first-order valence-electron chi connectivity index (χ1n) is 7.50. The molecule has 0 amide bonds. The summed E-state index contributed by atoms with van der Waals surface area (Å²) in [5, 5.41) is 0. The normalized spacial score (nSPS) is 19.9. The first-order chi connectivity index (χ1) is 12.1. The van der Waals surface area contributed by atoms with Crippen LogP contribution in [0.1, 0.15) is 12.2 Å². The first kappa shape index (κ1) is 18.9. The van der Waals surface area contributed by atoms with Gasteiger partial charge in [0.2, 0.25) is 10.0 Å². The molecule has 6 nitrogen and oxygen atoms in total. The number of furan rings is 1. The van der Waals surface area contributed by atoms with E-state index in [2.05, 4.69) is 0 Å². The van der Waals surface area contributed by atoms with Crippen molar-refractivity contribution in [3.8, 4) is 0 Å². The van der Waals surface area contributed by atoms with Gasteiger partial charge in [-0.3, -0.25) is 0 Å². The predicted molar refractivity (Wildman–Crippen MR) is 84.8 cm³/mol. The lowest BCUT2D eigenvalue weighted by molar-refractivity contribution is 0.304. The van der Waals surface area contributed by atoms with Crippen LogP contribution in [0.3, 0.4) is 0 Å². The standard InChI is InChI=1S/C15H14F3NO5S2/c16-12-3-4-13(15(18)14(12)17)26(22,23)19(8-11-2-1-6-24-11)10-5-7-25(20,21)9-10/h1-4,6,10H,5,7-9H2/t10-/m0/s1. The summed E-state index contributed by atoms with van der Waals surface area (Å²) in [4.78, 5) is -1.06. The average molecular weight is 409 g/mol. The molecule has 1 fully saturated rings. The highest BCUT2D eigenvalue weighted by Crippen LogP contribution is 2.29. The van der Waals surface area contributed by atoms with Crippen molar-refractivity contribution in [3.05, 3.63) is 53.7 Å². The lowest BCUT2D eigenvalue weighted by atomic mass is 10.2. The van der Waals surface area contributed by atoms with Gasteiger partial charge in [0.15, 0.2) is 27.3 Å². The largest absolute Gasteiger partial charge is 0.468 e. The molecular formula is C15H14F3NO5S2. The van der Waals surface area contributed by atoms with Crippen molar-refractivity contribution >= 4 is 19.9 Å². The molecule has 1 aromatic carbocycles. The van der Waals surface area contributed by atoms with Gasteiger partial charge in [-0.25, -0.2) is 30.0 Å². The molecule has 26 heavy (non-hydrogen) atoms. The number of rotatable bonds is 5. The topological polar surface area (TPSA) is 84.7 Å². The van der Waals surface area contributed by atoms with Crippen LogP contribution in [0.4, 0.5) is 13.2 Å². The van der Waals surface area contributed by atoms with E-state index in [0.717, 1.165) is 4.31 Å². The number of sulfone groups is 1. The Kier molecular flexibility index (Phi) is 4.88. The summed E-state index contributed by atoms with van der Waals surface area (Å²) in [5.41, 5.74) is 0. The van der Waals surface area contributed by atoms with Crippen molar-refractivity contribution in [2.45, 2.75) is 23.9 Å². The van der Waals surface area contributed by atoms with Gasteiger partial charge in [-0.2, -0.15) is 4.31 Å². The van der Waals surface area contributed by atoms with Gasteiger partial charge in [0, 0.05) is 6.04 Å². The van der Waals surface area contributed by atoms with Gasteiger partial charge in [-0.15, -0.1) is 0 Å². The Morgan fingerprint density at radius 1 is 1.15 bits per heavy atom. The lowest BCUT2D eigenvalue weighted by Crippen LogP contribution is -2.41. The Morgan fingerprint density at radius 3 is 2.46 bits per heavy atom. The van der Waals surface area contributed by atoms with E-state index in [1.807, 2.05) is 0 Å². The summed E-state index contributed by atoms with van der Waals surface area (Å²) in [5.74, 6) is -5.76. The quantitative estimate of drug-likeness (QED) is 0.706. The Labute approximate surface area is 148 Å². The monoisotopic (exact) mass is 409 g/mol. The van der Waals surface area contributed by atoms with Crippen LogP contribution in [0, 0.1) is 17.5 Å². The Balaban J connectivity index is 2.07. The summed E-state index contributed by atoms with van der Waals surface area (Å²) >= 11 is 0. The molecule has 1 aliphatic heterocycles. The van der Waals surface area contributed by atoms with Gasteiger partial charge in [0.1, 0.15) is 10.7 Å². The van der Waals surface area contributed by atoms with Crippen LogP contribution >= 0.6 is 0 Å². The van der Waals surface area contributed by atoms with E-state index in [0.29, 0.717) is 12.1 Å². The van der Waals surface area contributed by atoms with Crippen LogP contribution in [0.25, 0.3) is 0 Å². The zero-order valence-corrected chi connectivity index (χ0v) is 14.9. The Bertz CT molecular complexity index is 1020. The molecule has 0 N–H and O–H groups in total. The van der Waals surface area contributed by atoms with Crippen LogP contribution < -0.4 is 0 Å². The van der Waals surface area contributed by atoms with Crippen molar-refractivity contribution in [1.29, 1.82) is 0 Å². The SMILES string of the molecule is O=S1(=O)CC[C@H](N(Cc2ccco2)S(=O)(=O)c2ccc(F)c(F)c2F)C1. The minimum Gasteiger partial charge on any atom is -0.468 e. The summed E-state index contributed by atoms with van der Waals surface area (Å²) in [6.45, 7) is -0.367. The molecule has 142 valence electrons. The van der Waals surface area contributed by atoms with Crippen molar-refractivity contribution in [1.82, 2.24) is 4.31 Å². The molecule has 1 atom stereocenters. The van der Waals surface area contributed by atoms with Gasteiger partial charge in [-0.05, 0) is 30.7 Å². The van der Waals surface area contributed by atoms with Crippen LogP contribution in [-0.2, 0) is 26.4 Å². The number of nitrogens with zero attached hydrogens (tertiary/aromatic N) is 1. The van der Waals surface area contributed by atoms with E-state index in [-0.39, 0.29) is 24.5 Å². The Hall–Kier alpha value is -1.85. The third kappa shape index (κ3) is 3.51. The van der Waals surface area contributed by atoms with Crippen molar-refractivity contribution in [2.75, 3.05) is 11.5 Å². The minimum atomic E-state index is -4.65. The zero-order chi connectivity index (χ0) is 19.1. The van der Waals surface area contributed by atoms with Crippen molar-refractivity contribution < 1.29 is 34.4 Å². The van der Waals surface area contributed by atoms with E-state index in [4.69, 9.17) is 4.42 Å². The maximum atomic E-state index is 14.1. The van der Waals surface area contributed by atoms with Crippen LogP contribution in [0.2, 0.25) is 0 Å². The molecule has 1 aliphatic rings. The number of benzene rings is 1. The van der Waals surface area contributed by atoms with Crippen LogP contribution in [0.5, 0.6) is 0 Å². The molecule has 11 heteroatoms. The molecule has 0 aliphatic carbocycles. The van der Waals surface area contributed by atoms with Gasteiger partial charge < -0.3 is 4.42 Å². The second-order valence-corrected chi connectivity index (χ2v) is 9.95. The highest BCUT2D eigenvalue weighted by atomic mass is 32.2. The maximum Gasteiger partial charge on any atom is 0.246 e.